The molecule has 4 nitrogen and oxygen atoms in total. The van der Waals surface area contributed by atoms with Crippen LogP contribution in [0.15, 0.2) is 0 Å². The maximum atomic E-state index is 12.7. The molecule has 0 aromatic rings. The Bertz CT molecular complexity index is 577. The van der Waals surface area contributed by atoms with E-state index in [2.05, 4.69) is 22.6 Å². The van der Waals surface area contributed by atoms with Crippen LogP contribution in [0, 0.1) is 23.7 Å². The van der Waals surface area contributed by atoms with Crippen LogP contribution in [0.25, 0.3) is 0 Å². The lowest BCUT2D eigenvalue weighted by Crippen LogP contribution is -2.54. The number of esters is 1. The number of fused-ring (bicyclic) bond motifs is 2. The Hall–Kier alpha value is 0.120. The van der Waals surface area contributed by atoms with Gasteiger partial charge in [-0.1, -0.05) is 55.2 Å². The van der Waals surface area contributed by atoms with Crippen molar-refractivity contribution < 1.29 is 19.7 Å². The Balaban J connectivity index is 1.59. The van der Waals surface area contributed by atoms with Gasteiger partial charge in [-0.2, -0.15) is 0 Å². The highest BCUT2D eigenvalue weighted by molar-refractivity contribution is 14.1. The molecule has 4 saturated carbocycles. The third-order valence-corrected chi connectivity index (χ3v) is 9.67. The second-order valence-corrected chi connectivity index (χ2v) is 12.4. The lowest BCUT2D eigenvalue weighted by Gasteiger charge is -2.48. The molecule has 6 unspecified atom stereocenters. The summed E-state index contributed by atoms with van der Waals surface area (Å²) >= 11 is 2.20. The smallest absolute Gasteiger partial charge is 0.322 e. The van der Waals surface area contributed by atoms with Crippen molar-refractivity contribution in [2.45, 2.75) is 105 Å². The fraction of sp³-hybridized carbons (Fsp3) is 0.955. The fourth-order valence-corrected chi connectivity index (χ4v) is 7.12. The predicted octanol–water partition coefficient (Wildman–Crippen LogP) is 4.38. The summed E-state index contributed by atoms with van der Waals surface area (Å²) in [5.74, 6) is 0.742. The van der Waals surface area contributed by atoms with Gasteiger partial charge >= 0.3 is 5.97 Å². The van der Waals surface area contributed by atoms with E-state index >= 15 is 0 Å². The molecule has 0 heterocycles. The number of hydrogen-bond donors (Lipinski definition) is 2. The van der Waals surface area contributed by atoms with Crippen molar-refractivity contribution in [3.8, 4) is 0 Å². The van der Waals surface area contributed by atoms with Gasteiger partial charge in [0.25, 0.3) is 0 Å². The number of carbonyl (C=O) groups is 1. The Kier molecular flexibility index (Phi) is 5.38. The van der Waals surface area contributed by atoms with Gasteiger partial charge in [0, 0.05) is 5.92 Å². The molecule has 4 aliphatic rings. The molecule has 0 saturated heterocycles. The van der Waals surface area contributed by atoms with E-state index in [4.69, 9.17) is 4.74 Å². The van der Waals surface area contributed by atoms with Crippen LogP contribution in [0.1, 0.15) is 84.5 Å². The average molecular weight is 490 g/mol. The van der Waals surface area contributed by atoms with Crippen molar-refractivity contribution in [3.63, 3.8) is 0 Å². The molecule has 5 heteroatoms. The van der Waals surface area contributed by atoms with Crippen LogP contribution in [-0.2, 0) is 9.53 Å². The highest BCUT2D eigenvalue weighted by atomic mass is 127. The van der Waals surface area contributed by atoms with E-state index in [-0.39, 0.29) is 29.8 Å². The molecule has 0 radical (unpaired) electrons. The van der Waals surface area contributed by atoms with Gasteiger partial charge in [0.2, 0.25) is 0 Å². The Morgan fingerprint density at radius 3 is 2.07 bits per heavy atom. The SMILES string of the molecule is CCC(C)(I)C(=O)OC1CC2CC1C(C1(O)CCCC1)C2C1(O)CCCC1. The number of aliphatic hydroxyl groups is 2. The molecule has 6 atom stereocenters. The summed E-state index contributed by atoms with van der Waals surface area (Å²) in [6.07, 6.45) is 10.3. The quantitative estimate of drug-likeness (QED) is 0.341. The zero-order valence-corrected chi connectivity index (χ0v) is 18.9. The zero-order valence-electron chi connectivity index (χ0n) is 16.8. The molecule has 2 bridgehead atoms. The summed E-state index contributed by atoms with van der Waals surface area (Å²) in [4.78, 5) is 12.7. The minimum absolute atomic E-state index is 0.0842. The Morgan fingerprint density at radius 1 is 1.04 bits per heavy atom. The number of ether oxygens (including phenoxy) is 1. The van der Waals surface area contributed by atoms with Crippen molar-refractivity contribution in [1.29, 1.82) is 0 Å². The summed E-state index contributed by atoms with van der Waals surface area (Å²) in [5.41, 5.74) is -1.29. The van der Waals surface area contributed by atoms with Gasteiger partial charge in [-0.3, -0.25) is 4.79 Å². The molecule has 0 spiro atoms. The van der Waals surface area contributed by atoms with Crippen molar-refractivity contribution in [2.75, 3.05) is 0 Å². The van der Waals surface area contributed by atoms with Crippen molar-refractivity contribution in [1.82, 2.24) is 0 Å². The van der Waals surface area contributed by atoms with Gasteiger partial charge in [-0.05, 0) is 69.6 Å². The third kappa shape index (κ3) is 3.37. The maximum Gasteiger partial charge on any atom is 0.322 e. The van der Waals surface area contributed by atoms with Gasteiger partial charge in [0.1, 0.15) is 9.53 Å². The third-order valence-electron chi connectivity index (χ3n) is 8.47. The molecule has 0 aliphatic heterocycles. The number of hydrogen-bond acceptors (Lipinski definition) is 4. The van der Waals surface area contributed by atoms with Crippen LogP contribution >= 0.6 is 22.6 Å². The van der Waals surface area contributed by atoms with Gasteiger partial charge in [-0.15, -0.1) is 0 Å². The van der Waals surface area contributed by atoms with Gasteiger partial charge in [-0.25, -0.2) is 0 Å². The summed E-state index contributed by atoms with van der Waals surface area (Å²) in [6, 6.07) is 0. The van der Waals surface area contributed by atoms with Gasteiger partial charge in [0.05, 0.1) is 11.2 Å². The summed E-state index contributed by atoms with van der Waals surface area (Å²) in [6.45, 7) is 3.96. The van der Waals surface area contributed by atoms with Crippen LogP contribution < -0.4 is 0 Å². The van der Waals surface area contributed by atoms with E-state index < -0.39 is 14.6 Å². The van der Waals surface area contributed by atoms with E-state index in [1.54, 1.807) is 0 Å². The Morgan fingerprint density at radius 2 is 1.56 bits per heavy atom. The maximum absolute atomic E-state index is 12.7. The molecule has 2 N–H and O–H groups in total. The standard InChI is InChI=1S/C22H35IO4/c1-3-20(2,23)19(24)27-16-13-14-12-15(16)18(22(26)10-6-7-11-22)17(14)21(25)8-4-5-9-21/h14-18,25-26H,3-13H2,1-2H3. The molecule has 0 aromatic heterocycles. The van der Waals surface area contributed by atoms with Gasteiger partial charge < -0.3 is 14.9 Å². The molecular formula is C22H35IO4. The monoisotopic (exact) mass is 490 g/mol. The van der Waals surface area contributed by atoms with Crippen molar-refractivity contribution in [2.24, 2.45) is 23.7 Å². The number of halogens is 1. The van der Waals surface area contributed by atoms with E-state index in [1.807, 2.05) is 13.8 Å². The molecule has 4 aliphatic carbocycles. The average Bonchev–Trinajstić information content (AvgIpc) is 3.38. The largest absolute Gasteiger partial charge is 0.461 e. The molecule has 0 aromatic carbocycles. The first-order valence-electron chi connectivity index (χ1n) is 11.0. The summed E-state index contributed by atoms with van der Waals surface area (Å²) < 4.78 is 5.56. The van der Waals surface area contributed by atoms with Crippen LogP contribution in [0.5, 0.6) is 0 Å². The number of alkyl halides is 1. The van der Waals surface area contributed by atoms with Crippen LogP contribution in [0.3, 0.4) is 0 Å². The number of carbonyl (C=O) groups excluding carboxylic acids is 1. The highest BCUT2D eigenvalue weighted by Gasteiger charge is 2.65. The topological polar surface area (TPSA) is 66.8 Å². The molecular weight excluding hydrogens is 455 g/mol. The van der Waals surface area contributed by atoms with E-state index in [9.17, 15) is 15.0 Å². The lowest BCUT2D eigenvalue weighted by molar-refractivity contribution is -0.170. The molecule has 4 fully saturated rings. The van der Waals surface area contributed by atoms with E-state index in [0.717, 1.165) is 70.6 Å². The first-order chi connectivity index (χ1) is 12.7. The normalized spacial score (nSPS) is 41.6. The Labute approximate surface area is 177 Å². The molecule has 4 rings (SSSR count). The first kappa shape index (κ1) is 20.4. The zero-order chi connectivity index (χ0) is 19.4. The minimum atomic E-state index is -0.675. The summed E-state index contributed by atoms with van der Waals surface area (Å²) in [5, 5.41) is 23.0. The second-order valence-electron chi connectivity index (χ2n) is 10.1. The molecule has 0 amide bonds. The molecule has 27 heavy (non-hydrogen) atoms. The number of rotatable bonds is 5. The van der Waals surface area contributed by atoms with Crippen LogP contribution in [0.2, 0.25) is 0 Å². The second kappa shape index (κ2) is 7.12. The predicted molar refractivity (Wildman–Crippen MR) is 113 cm³/mol. The first-order valence-corrected chi connectivity index (χ1v) is 12.1. The van der Waals surface area contributed by atoms with E-state index in [0.29, 0.717) is 5.92 Å². The lowest BCUT2D eigenvalue weighted by atomic mass is 9.62. The fourth-order valence-electron chi connectivity index (χ4n) is 6.99. The molecule has 154 valence electrons. The van der Waals surface area contributed by atoms with Crippen molar-refractivity contribution in [3.05, 3.63) is 0 Å². The van der Waals surface area contributed by atoms with Crippen LogP contribution in [-0.4, -0.2) is 36.9 Å². The minimum Gasteiger partial charge on any atom is -0.461 e. The van der Waals surface area contributed by atoms with Gasteiger partial charge in [0.15, 0.2) is 0 Å². The summed E-state index contributed by atoms with van der Waals surface area (Å²) in [7, 11) is 0. The van der Waals surface area contributed by atoms with E-state index in [1.165, 1.54) is 0 Å². The highest BCUT2D eigenvalue weighted by Crippen LogP contribution is 2.64. The van der Waals surface area contributed by atoms with Crippen molar-refractivity contribution >= 4 is 28.6 Å². The van der Waals surface area contributed by atoms with Crippen LogP contribution in [0.4, 0.5) is 0 Å².